The Balaban J connectivity index is 2.05. The molecule has 0 amide bonds. The molecule has 0 aliphatic heterocycles. The van der Waals surface area contributed by atoms with Gasteiger partial charge in [0, 0.05) is 30.5 Å². The second kappa shape index (κ2) is 4.09. The van der Waals surface area contributed by atoms with Gasteiger partial charge in [-0.25, -0.2) is 4.98 Å². The maximum absolute atomic E-state index is 4.37. The van der Waals surface area contributed by atoms with Gasteiger partial charge >= 0.3 is 0 Å². The minimum atomic E-state index is 0.140. The molecule has 90 valence electrons. The lowest BCUT2D eigenvalue weighted by atomic mass is 10.0. The third-order valence-electron chi connectivity index (χ3n) is 3.39. The number of likely N-dealkylation sites (N-methyl/N-ethyl adjacent to an activating group) is 1. The van der Waals surface area contributed by atoms with Crippen molar-refractivity contribution in [1.82, 2.24) is 14.5 Å². The first-order chi connectivity index (χ1) is 7.49. The van der Waals surface area contributed by atoms with E-state index in [4.69, 9.17) is 0 Å². The zero-order chi connectivity index (χ0) is 11.8. The molecule has 1 aromatic heterocycles. The molecule has 16 heavy (non-hydrogen) atoms. The summed E-state index contributed by atoms with van der Waals surface area (Å²) in [5.74, 6) is 1.01. The SMILES string of the molecule is CN(C)C(C)(C)Cn1ccnc1NC1CC1. The van der Waals surface area contributed by atoms with Crippen molar-refractivity contribution in [2.24, 2.45) is 0 Å². The number of nitrogens with one attached hydrogen (secondary N) is 1. The number of hydrogen-bond donors (Lipinski definition) is 1. The molecule has 1 fully saturated rings. The highest BCUT2D eigenvalue weighted by molar-refractivity contribution is 5.30. The molecule has 0 saturated heterocycles. The van der Waals surface area contributed by atoms with Gasteiger partial charge in [-0.2, -0.15) is 0 Å². The van der Waals surface area contributed by atoms with Crippen LogP contribution in [0.15, 0.2) is 12.4 Å². The molecular formula is C12H22N4. The van der Waals surface area contributed by atoms with Crippen molar-refractivity contribution < 1.29 is 0 Å². The van der Waals surface area contributed by atoms with Crippen LogP contribution in [-0.4, -0.2) is 40.1 Å². The minimum absolute atomic E-state index is 0.140. The topological polar surface area (TPSA) is 33.1 Å². The second-order valence-electron chi connectivity index (χ2n) is 5.50. The summed E-state index contributed by atoms with van der Waals surface area (Å²) >= 11 is 0. The molecule has 4 nitrogen and oxygen atoms in total. The number of nitrogens with zero attached hydrogens (tertiary/aromatic N) is 3. The third-order valence-corrected chi connectivity index (χ3v) is 3.39. The van der Waals surface area contributed by atoms with Crippen LogP contribution in [-0.2, 0) is 6.54 Å². The van der Waals surface area contributed by atoms with Crippen LogP contribution < -0.4 is 5.32 Å². The summed E-state index contributed by atoms with van der Waals surface area (Å²) in [6.07, 6.45) is 6.49. The molecule has 0 radical (unpaired) electrons. The first kappa shape index (κ1) is 11.5. The fourth-order valence-corrected chi connectivity index (χ4v) is 1.55. The smallest absolute Gasteiger partial charge is 0.203 e. The molecule has 1 aliphatic carbocycles. The van der Waals surface area contributed by atoms with Crippen molar-refractivity contribution in [3.8, 4) is 0 Å². The Morgan fingerprint density at radius 1 is 1.50 bits per heavy atom. The van der Waals surface area contributed by atoms with Crippen LogP contribution in [0.2, 0.25) is 0 Å². The van der Waals surface area contributed by atoms with Crippen LogP contribution in [0, 0.1) is 0 Å². The molecule has 1 saturated carbocycles. The van der Waals surface area contributed by atoms with Crippen molar-refractivity contribution >= 4 is 5.95 Å². The van der Waals surface area contributed by atoms with Gasteiger partial charge in [0.25, 0.3) is 0 Å². The van der Waals surface area contributed by atoms with Crippen LogP contribution in [0.5, 0.6) is 0 Å². The van der Waals surface area contributed by atoms with Crippen molar-refractivity contribution in [3.63, 3.8) is 0 Å². The Kier molecular flexibility index (Phi) is 2.93. The highest BCUT2D eigenvalue weighted by atomic mass is 15.2. The van der Waals surface area contributed by atoms with Gasteiger partial charge in [0.15, 0.2) is 0 Å². The number of anilines is 1. The fourth-order valence-electron chi connectivity index (χ4n) is 1.55. The molecular weight excluding hydrogens is 200 g/mol. The lowest BCUT2D eigenvalue weighted by molar-refractivity contribution is 0.170. The quantitative estimate of drug-likeness (QED) is 0.824. The first-order valence-electron chi connectivity index (χ1n) is 5.94. The van der Waals surface area contributed by atoms with Crippen LogP contribution in [0.25, 0.3) is 0 Å². The van der Waals surface area contributed by atoms with Gasteiger partial charge in [-0.15, -0.1) is 0 Å². The van der Waals surface area contributed by atoms with E-state index in [0.717, 1.165) is 12.5 Å². The van der Waals surface area contributed by atoms with Crippen LogP contribution in [0.3, 0.4) is 0 Å². The van der Waals surface area contributed by atoms with E-state index in [9.17, 15) is 0 Å². The molecule has 0 unspecified atom stereocenters. The van der Waals surface area contributed by atoms with Crippen LogP contribution >= 0.6 is 0 Å². The number of rotatable bonds is 5. The fraction of sp³-hybridized carbons (Fsp3) is 0.750. The summed E-state index contributed by atoms with van der Waals surface area (Å²) in [5.41, 5.74) is 0.140. The highest BCUT2D eigenvalue weighted by Gasteiger charge is 2.25. The summed E-state index contributed by atoms with van der Waals surface area (Å²) in [5, 5.41) is 3.46. The predicted molar refractivity (Wildman–Crippen MR) is 66.6 cm³/mol. The normalized spacial score (nSPS) is 16.8. The first-order valence-corrected chi connectivity index (χ1v) is 5.94. The Hall–Kier alpha value is -1.03. The monoisotopic (exact) mass is 222 g/mol. The molecule has 1 heterocycles. The van der Waals surface area contributed by atoms with E-state index in [1.807, 2.05) is 6.20 Å². The van der Waals surface area contributed by atoms with Gasteiger partial charge in [-0.05, 0) is 40.8 Å². The molecule has 1 aromatic rings. The molecule has 1 N–H and O–H groups in total. The summed E-state index contributed by atoms with van der Waals surface area (Å²) < 4.78 is 2.21. The van der Waals surface area contributed by atoms with E-state index in [-0.39, 0.29) is 5.54 Å². The Morgan fingerprint density at radius 3 is 2.75 bits per heavy atom. The summed E-state index contributed by atoms with van der Waals surface area (Å²) in [4.78, 5) is 6.62. The van der Waals surface area contributed by atoms with Gasteiger partial charge < -0.3 is 14.8 Å². The van der Waals surface area contributed by atoms with Crippen molar-refractivity contribution in [2.75, 3.05) is 19.4 Å². The zero-order valence-corrected chi connectivity index (χ0v) is 10.7. The average molecular weight is 222 g/mol. The Bertz CT molecular complexity index is 350. The highest BCUT2D eigenvalue weighted by Crippen LogP contribution is 2.24. The van der Waals surface area contributed by atoms with Crippen molar-refractivity contribution in [1.29, 1.82) is 0 Å². The minimum Gasteiger partial charge on any atom is -0.353 e. The zero-order valence-electron chi connectivity index (χ0n) is 10.7. The van der Waals surface area contributed by atoms with Crippen molar-refractivity contribution in [2.45, 2.75) is 44.8 Å². The molecule has 0 bridgehead atoms. The van der Waals surface area contributed by atoms with E-state index in [0.29, 0.717) is 6.04 Å². The van der Waals surface area contributed by atoms with E-state index in [1.54, 1.807) is 0 Å². The van der Waals surface area contributed by atoms with Gasteiger partial charge in [-0.3, -0.25) is 0 Å². The molecule has 0 atom stereocenters. The molecule has 0 aromatic carbocycles. The lowest BCUT2D eigenvalue weighted by Crippen LogP contribution is -2.42. The maximum atomic E-state index is 4.37. The predicted octanol–water partition coefficient (Wildman–Crippen LogP) is 1.80. The molecule has 4 heteroatoms. The van der Waals surface area contributed by atoms with Gasteiger partial charge in [-0.1, -0.05) is 0 Å². The summed E-state index contributed by atoms with van der Waals surface area (Å²) in [6.45, 7) is 5.44. The number of aromatic nitrogens is 2. The maximum Gasteiger partial charge on any atom is 0.203 e. The van der Waals surface area contributed by atoms with E-state index < -0.39 is 0 Å². The second-order valence-corrected chi connectivity index (χ2v) is 5.50. The number of hydrogen-bond acceptors (Lipinski definition) is 3. The molecule has 2 rings (SSSR count). The van der Waals surface area contributed by atoms with Gasteiger partial charge in [0.2, 0.25) is 5.95 Å². The van der Waals surface area contributed by atoms with E-state index >= 15 is 0 Å². The van der Waals surface area contributed by atoms with E-state index in [1.165, 1.54) is 12.8 Å². The molecule has 1 aliphatic rings. The largest absolute Gasteiger partial charge is 0.353 e. The van der Waals surface area contributed by atoms with Crippen LogP contribution in [0.4, 0.5) is 5.95 Å². The summed E-state index contributed by atoms with van der Waals surface area (Å²) in [6, 6.07) is 0.656. The summed E-state index contributed by atoms with van der Waals surface area (Å²) in [7, 11) is 4.23. The van der Waals surface area contributed by atoms with Gasteiger partial charge in [0.1, 0.15) is 0 Å². The standard InChI is InChI=1S/C12H22N4/c1-12(2,15(3)4)9-16-8-7-13-11(16)14-10-5-6-10/h7-8,10H,5-6,9H2,1-4H3,(H,13,14). The van der Waals surface area contributed by atoms with Gasteiger partial charge in [0.05, 0.1) is 0 Å². The van der Waals surface area contributed by atoms with Crippen molar-refractivity contribution in [3.05, 3.63) is 12.4 Å². The Labute approximate surface area is 97.7 Å². The third kappa shape index (κ3) is 2.55. The average Bonchev–Trinajstić information content (AvgIpc) is 2.89. The lowest BCUT2D eigenvalue weighted by Gasteiger charge is -2.33. The van der Waals surface area contributed by atoms with E-state index in [2.05, 4.69) is 53.9 Å². The number of imidazole rings is 1. The Morgan fingerprint density at radius 2 is 2.19 bits per heavy atom. The molecule has 0 spiro atoms. The van der Waals surface area contributed by atoms with Crippen LogP contribution in [0.1, 0.15) is 26.7 Å².